The van der Waals surface area contributed by atoms with Gasteiger partial charge in [0.15, 0.2) is 0 Å². The largest absolute Gasteiger partial charge is 0.388 e. The smallest absolute Gasteiger partial charge is 0.225 e. The molecule has 1 fully saturated rings. The first kappa shape index (κ1) is 22.0. The molecule has 4 N–H and O–H groups in total. The van der Waals surface area contributed by atoms with Gasteiger partial charge in [-0.05, 0) is 49.4 Å². The number of allylic oxidation sites excluding steroid dienone is 1. The Bertz CT molecular complexity index is 1270. The van der Waals surface area contributed by atoms with E-state index in [1.807, 2.05) is 55.6 Å². The number of nitrogens with zero attached hydrogens (tertiary/aromatic N) is 3. The number of hydrogen-bond acceptors (Lipinski definition) is 9. The van der Waals surface area contributed by atoms with Crippen molar-refractivity contribution in [1.82, 2.24) is 15.0 Å². The summed E-state index contributed by atoms with van der Waals surface area (Å²) in [6.45, 7) is 4.45. The molecule has 1 aromatic carbocycles. The summed E-state index contributed by atoms with van der Waals surface area (Å²) in [5.41, 5.74) is 3.35. The van der Waals surface area contributed by atoms with Gasteiger partial charge >= 0.3 is 0 Å². The Morgan fingerprint density at radius 3 is 2.70 bits per heavy atom. The molecular weight excluding hydrogens is 454 g/mol. The van der Waals surface area contributed by atoms with Crippen LogP contribution in [-0.2, 0) is 6.54 Å². The van der Waals surface area contributed by atoms with Gasteiger partial charge in [-0.1, -0.05) is 24.3 Å². The number of aliphatic hydroxyl groups is 2. The van der Waals surface area contributed by atoms with Crippen LogP contribution < -0.4 is 10.6 Å². The van der Waals surface area contributed by atoms with Gasteiger partial charge < -0.3 is 20.8 Å². The van der Waals surface area contributed by atoms with E-state index in [9.17, 15) is 10.2 Å². The number of hydrogen-bond donors (Lipinski definition) is 4. The summed E-state index contributed by atoms with van der Waals surface area (Å²) < 4.78 is 1.09. The number of rotatable bonds is 6. The molecular formula is C24H25N5O2S2. The lowest BCUT2D eigenvalue weighted by molar-refractivity contribution is 0.0543. The molecule has 170 valence electrons. The van der Waals surface area contributed by atoms with Gasteiger partial charge in [0, 0.05) is 4.88 Å². The molecule has 1 aliphatic carbocycles. The average Bonchev–Trinajstić information content (AvgIpc) is 3.53. The fourth-order valence-electron chi connectivity index (χ4n) is 4.11. The number of para-hydroxylation sites is 1. The van der Waals surface area contributed by atoms with Gasteiger partial charge in [0.1, 0.15) is 23.0 Å². The number of nitrogens with one attached hydrogen (secondary N) is 2. The average molecular weight is 480 g/mol. The second-order valence-corrected chi connectivity index (χ2v) is 10.1. The summed E-state index contributed by atoms with van der Waals surface area (Å²) in [7, 11) is 0. The van der Waals surface area contributed by atoms with E-state index in [1.54, 1.807) is 22.7 Å². The van der Waals surface area contributed by atoms with E-state index in [2.05, 4.69) is 16.7 Å². The van der Waals surface area contributed by atoms with Gasteiger partial charge in [0.05, 0.1) is 34.1 Å². The summed E-state index contributed by atoms with van der Waals surface area (Å²) in [6, 6.07) is 11.7. The predicted octanol–water partition coefficient (Wildman–Crippen LogP) is 4.59. The minimum Gasteiger partial charge on any atom is -0.388 e. The zero-order chi connectivity index (χ0) is 22.9. The van der Waals surface area contributed by atoms with Crippen molar-refractivity contribution in [1.29, 1.82) is 0 Å². The van der Waals surface area contributed by atoms with Gasteiger partial charge in [0.25, 0.3) is 0 Å². The molecule has 0 saturated heterocycles. The van der Waals surface area contributed by atoms with Gasteiger partial charge in [-0.15, -0.1) is 22.7 Å². The Kier molecular flexibility index (Phi) is 6.11. The van der Waals surface area contributed by atoms with Gasteiger partial charge in [-0.3, -0.25) is 0 Å². The molecule has 4 aromatic rings. The number of thiazole rings is 1. The summed E-state index contributed by atoms with van der Waals surface area (Å²) in [4.78, 5) is 15.5. The number of aryl methyl sites for hydroxylation is 1. The van der Waals surface area contributed by atoms with Crippen molar-refractivity contribution in [2.75, 3.05) is 10.6 Å². The molecule has 1 aliphatic rings. The van der Waals surface area contributed by atoms with Crippen molar-refractivity contribution >= 4 is 44.7 Å². The Morgan fingerprint density at radius 2 is 1.97 bits per heavy atom. The van der Waals surface area contributed by atoms with Crippen LogP contribution in [0.25, 0.3) is 20.8 Å². The molecule has 3 atom stereocenters. The van der Waals surface area contributed by atoms with E-state index in [0.717, 1.165) is 32.1 Å². The lowest BCUT2D eigenvalue weighted by atomic mass is 10.1. The summed E-state index contributed by atoms with van der Waals surface area (Å²) in [5, 5.41) is 30.6. The molecule has 33 heavy (non-hydrogen) atoms. The van der Waals surface area contributed by atoms with E-state index in [0.29, 0.717) is 24.7 Å². The number of thiophene rings is 1. The van der Waals surface area contributed by atoms with Crippen LogP contribution in [0.5, 0.6) is 0 Å². The number of fused-ring (bicyclic) bond motifs is 1. The molecule has 0 amide bonds. The number of aliphatic hydroxyl groups excluding tert-OH is 2. The van der Waals surface area contributed by atoms with Crippen molar-refractivity contribution in [3.8, 4) is 10.6 Å². The standard InChI is InChI=1S/C24H25N5O2S2/c1-3-14-11-17(21(31)20(14)30)27-22-19(23-28-16-8-4-5-9-18(16)33-23)13(2)26-24(29-22)25-12-15-7-6-10-32-15/h3-10,17,20-21,30-31H,11-12H2,1-2H3,(H2,25,26,27,29). The Balaban J connectivity index is 1.53. The maximum absolute atomic E-state index is 10.6. The number of benzene rings is 1. The first-order valence-electron chi connectivity index (χ1n) is 10.8. The van der Waals surface area contributed by atoms with Crippen LogP contribution in [0.15, 0.2) is 53.4 Å². The highest BCUT2D eigenvalue weighted by molar-refractivity contribution is 7.21. The van der Waals surface area contributed by atoms with Crippen molar-refractivity contribution in [3.05, 3.63) is 64.0 Å². The molecule has 7 nitrogen and oxygen atoms in total. The first-order chi connectivity index (χ1) is 16.0. The minimum atomic E-state index is -0.919. The fourth-order valence-corrected chi connectivity index (χ4v) is 5.81. The van der Waals surface area contributed by atoms with E-state index in [1.165, 1.54) is 4.88 Å². The molecule has 9 heteroatoms. The van der Waals surface area contributed by atoms with Gasteiger partial charge in [-0.25, -0.2) is 9.97 Å². The number of aromatic nitrogens is 3. The van der Waals surface area contributed by atoms with Crippen LogP contribution in [0.4, 0.5) is 11.8 Å². The first-order valence-corrected chi connectivity index (χ1v) is 12.5. The second kappa shape index (κ2) is 9.18. The molecule has 0 bridgehead atoms. The van der Waals surface area contributed by atoms with Crippen molar-refractivity contribution in [3.63, 3.8) is 0 Å². The van der Waals surface area contributed by atoms with Crippen LogP contribution in [-0.4, -0.2) is 43.4 Å². The van der Waals surface area contributed by atoms with Crippen LogP contribution in [0.2, 0.25) is 0 Å². The zero-order valence-electron chi connectivity index (χ0n) is 18.3. The molecule has 5 rings (SSSR count). The Hall–Kier alpha value is -2.85. The normalized spacial score (nSPS) is 21.7. The Labute approximate surface area is 199 Å². The molecule has 3 heterocycles. The lowest BCUT2D eigenvalue weighted by Gasteiger charge is -2.21. The van der Waals surface area contributed by atoms with Crippen molar-refractivity contribution in [2.24, 2.45) is 0 Å². The second-order valence-electron chi connectivity index (χ2n) is 8.03. The van der Waals surface area contributed by atoms with E-state index in [-0.39, 0.29) is 6.04 Å². The highest BCUT2D eigenvalue weighted by atomic mass is 32.1. The summed E-state index contributed by atoms with van der Waals surface area (Å²) in [5.74, 6) is 1.11. The van der Waals surface area contributed by atoms with Crippen LogP contribution in [0.3, 0.4) is 0 Å². The van der Waals surface area contributed by atoms with Gasteiger partial charge in [-0.2, -0.15) is 4.98 Å². The maximum Gasteiger partial charge on any atom is 0.225 e. The molecule has 0 aliphatic heterocycles. The highest BCUT2D eigenvalue weighted by Crippen LogP contribution is 2.38. The SMILES string of the molecule is CC=C1CC(Nc2nc(NCc3cccs3)nc(C)c2-c2nc3ccccc3s2)C(O)C1O. The quantitative estimate of drug-likeness (QED) is 0.300. The zero-order valence-corrected chi connectivity index (χ0v) is 20.0. The van der Waals surface area contributed by atoms with Gasteiger partial charge in [0.2, 0.25) is 5.95 Å². The molecule has 0 spiro atoms. The van der Waals surface area contributed by atoms with Crippen LogP contribution >= 0.6 is 22.7 Å². The lowest BCUT2D eigenvalue weighted by Crippen LogP contribution is -2.35. The Morgan fingerprint density at radius 1 is 1.12 bits per heavy atom. The predicted molar refractivity (Wildman–Crippen MR) is 135 cm³/mol. The molecule has 3 unspecified atom stereocenters. The molecule has 0 radical (unpaired) electrons. The monoisotopic (exact) mass is 479 g/mol. The third kappa shape index (κ3) is 4.37. The van der Waals surface area contributed by atoms with Crippen LogP contribution in [0.1, 0.15) is 23.9 Å². The highest BCUT2D eigenvalue weighted by Gasteiger charge is 2.37. The third-order valence-electron chi connectivity index (χ3n) is 5.86. The minimum absolute atomic E-state index is 0.362. The van der Waals surface area contributed by atoms with E-state index < -0.39 is 12.2 Å². The fraction of sp³-hybridized carbons (Fsp3) is 0.292. The van der Waals surface area contributed by atoms with E-state index in [4.69, 9.17) is 15.0 Å². The third-order valence-corrected chi connectivity index (χ3v) is 7.79. The van der Waals surface area contributed by atoms with Crippen molar-refractivity contribution in [2.45, 2.75) is 45.1 Å². The summed E-state index contributed by atoms with van der Waals surface area (Å²) in [6.07, 6.45) is 0.609. The maximum atomic E-state index is 10.6. The molecule has 3 aromatic heterocycles. The van der Waals surface area contributed by atoms with E-state index >= 15 is 0 Å². The topological polar surface area (TPSA) is 103 Å². The molecule has 1 saturated carbocycles. The van der Waals surface area contributed by atoms with Crippen molar-refractivity contribution < 1.29 is 10.2 Å². The number of anilines is 2. The van der Waals surface area contributed by atoms with Crippen LogP contribution in [0, 0.1) is 6.92 Å². The summed E-state index contributed by atoms with van der Waals surface area (Å²) >= 11 is 3.26.